The van der Waals surface area contributed by atoms with Gasteiger partial charge in [0, 0.05) is 38.2 Å². The molecule has 31 heavy (non-hydrogen) atoms. The predicted molar refractivity (Wildman–Crippen MR) is 125 cm³/mol. The van der Waals surface area contributed by atoms with Crippen LogP contribution in [0.5, 0.6) is 5.75 Å². The van der Waals surface area contributed by atoms with Gasteiger partial charge in [-0.25, -0.2) is 0 Å². The maximum Gasteiger partial charge on any atom is 0.255 e. The Morgan fingerprint density at radius 1 is 1.26 bits per heavy atom. The average molecular weight is 446 g/mol. The van der Waals surface area contributed by atoms with Crippen molar-refractivity contribution in [1.82, 2.24) is 10.2 Å². The number of carbonyl (C=O) groups is 2. The van der Waals surface area contributed by atoms with Gasteiger partial charge in [-0.2, -0.15) is 0 Å². The van der Waals surface area contributed by atoms with E-state index in [4.69, 9.17) is 16.3 Å². The van der Waals surface area contributed by atoms with Crippen LogP contribution in [0.15, 0.2) is 35.9 Å². The van der Waals surface area contributed by atoms with E-state index in [1.54, 1.807) is 12.1 Å². The van der Waals surface area contributed by atoms with E-state index in [0.717, 1.165) is 38.8 Å². The number of likely N-dealkylation sites (tertiary alicyclic amines) is 1. The lowest BCUT2D eigenvalue weighted by Gasteiger charge is -2.37. The van der Waals surface area contributed by atoms with Crippen molar-refractivity contribution in [2.24, 2.45) is 0 Å². The number of nitrogens with zero attached hydrogens (tertiary/aromatic N) is 1. The van der Waals surface area contributed by atoms with Gasteiger partial charge >= 0.3 is 0 Å². The van der Waals surface area contributed by atoms with Gasteiger partial charge in [0.1, 0.15) is 5.75 Å². The van der Waals surface area contributed by atoms with Crippen LogP contribution in [0.25, 0.3) is 0 Å². The smallest absolute Gasteiger partial charge is 0.255 e. The summed E-state index contributed by atoms with van der Waals surface area (Å²) in [7, 11) is 0. The molecule has 1 aliphatic heterocycles. The highest BCUT2D eigenvalue weighted by Gasteiger charge is 2.26. The van der Waals surface area contributed by atoms with E-state index in [0.29, 0.717) is 34.7 Å². The predicted octanol–water partition coefficient (Wildman–Crippen LogP) is 4.56. The summed E-state index contributed by atoms with van der Waals surface area (Å²) in [6.07, 6.45) is 10.7. The second-order valence-electron chi connectivity index (χ2n) is 8.09. The van der Waals surface area contributed by atoms with Crippen molar-refractivity contribution in [3.63, 3.8) is 0 Å². The van der Waals surface area contributed by atoms with Crippen LogP contribution in [-0.2, 0) is 4.79 Å². The summed E-state index contributed by atoms with van der Waals surface area (Å²) in [4.78, 5) is 26.9. The first kappa shape index (κ1) is 23.4. The van der Waals surface area contributed by atoms with Gasteiger partial charge in [-0.15, -0.1) is 0 Å². The third-order valence-electron chi connectivity index (χ3n) is 5.91. The Hall–Kier alpha value is -2.31. The molecule has 0 spiro atoms. The number of piperidine rings is 1. The van der Waals surface area contributed by atoms with Gasteiger partial charge < -0.3 is 15.4 Å². The fourth-order valence-electron chi connectivity index (χ4n) is 4.18. The molecule has 0 radical (unpaired) electrons. The first-order valence-corrected chi connectivity index (χ1v) is 11.4. The number of anilines is 1. The zero-order valence-corrected chi connectivity index (χ0v) is 19.3. The molecule has 2 N–H and O–H groups in total. The number of amides is 2. The Kier molecular flexibility index (Phi) is 8.15. The Labute approximate surface area is 189 Å². The second kappa shape index (κ2) is 10.8. The normalized spacial score (nSPS) is 18.3. The van der Waals surface area contributed by atoms with Crippen molar-refractivity contribution >= 4 is 29.1 Å². The van der Waals surface area contributed by atoms with Gasteiger partial charge in [0.25, 0.3) is 5.91 Å². The highest BCUT2D eigenvalue weighted by molar-refractivity contribution is 6.34. The van der Waals surface area contributed by atoms with E-state index >= 15 is 0 Å². The van der Waals surface area contributed by atoms with Gasteiger partial charge in [-0.3, -0.25) is 14.5 Å². The van der Waals surface area contributed by atoms with Gasteiger partial charge in [-0.1, -0.05) is 35.4 Å². The van der Waals surface area contributed by atoms with E-state index in [-0.39, 0.29) is 17.9 Å². The van der Waals surface area contributed by atoms with Crippen molar-refractivity contribution in [1.29, 1.82) is 0 Å². The number of hydrogen-bond acceptors (Lipinski definition) is 4. The van der Waals surface area contributed by atoms with Crippen molar-refractivity contribution in [2.75, 3.05) is 25.0 Å². The van der Waals surface area contributed by atoms with Crippen LogP contribution < -0.4 is 15.4 Å². The fourth-order valence-corrected chi connectivity index (χ4v) is 4.39. The van der Waals surface area contributed by atoms with Gasteiger partial charge in [-0.05, 0) is 45.6 Å². The molecule has 3 rings (SSSR count). The fraction of sp³-hybridized carbons (Fsp3) is 0.500. The Morgan fingerprint density at radius 3 is 2.61 bits per heavy atom. The molecule has 1 aromatic rings. The molecule has 168 valence electrons. The molecule has 1 aromatic carbocycles. The minimum Gasteiger partial charge on any atom is -0.493 e. The number of allylic oxidation sites excluding steroid dienone is 3. The van der Waals surface area contributed by atoms with Crippen molar-refractivity contribution in [2.45, 2.75) is 58.5 Å². The lowest BCUT2D eigenvalue weighted by Crippen LogP contribution is -2.47. The maximum atomic E-state index is 13.0. The Bertz CT molecular complexity index is 873. The van der Waals surface area contributed by atoms with E-state index in [1.807, 2.05) is 6.92 Å². The van der Waals surface area contributed by atoms with Crippen LogP contribution in [0.3, 0.4) is 0 Å². The highest BCUT2D eigenvalue weighted by atomic mass is 35.5. The zero-order valence-electron chi connectivity index (χ0n) is 18.5. The molecular formula is C24H32ClN3O3. The van der Waals surface area contributed by atoms with Crippen LogP contribution in [0, 0.1) is 0 Å². The maximum absolute atomic E-state index is 13.0. The molecule has 0 saturated carbocycles. The molecule has 2 amide bonds. The Balaban J connectivity index is 1.62. The lowest BCUT2D eigenvalue weighted by atomic mass is 9.95. The molecule has 0 aromatic heterocycles. The molecule has 1 heterocycles. The molecule has 7 heteroatoms. The van der Waals surface area contributed by atoms with Crippen molar-refractivity contribution in [3.05, 3.63) is 46.5 Å². The standard InChI is InChI=1S/C24H32ClN3O3/c1-4-31-23-15-22(26-17(3)29)21(25)14-20(23)24(30)27-19-10-12-28(13-11-19)16(2)18-8-6-5-7-9-18/h5-6,9,14-16,19H,4,7-8,10-13H2,1-3H3,(H,26,29)(H,27,30). The van der Waals surface area contributed by atoms with E-state index in [2.05, 4.69) is 40.7 Å². The summed E-state index contributed by atoms with van der Waals surface area (Å²) in [5, 5.41) is 6.12. The average Bonchev–Trinajstić information content (AvgIpc) is 2.76. The molecule has 0 bridgehead atoms. The monoisotopic (exact) mass is 445 g/mol. The summed E-state index contributed by atoms with van der Waals surface area (Å²) >= 11 is 6.29. The number of benzene rings is 1. The largest absolute Gasteiger partial charge is 0.493 e. The molecule has 1 aliphatic carbocycles. The van der Waals surface area contributed by atoms with Crippen LogP contribution in [-0.4, -0.2) is 48.5 Å². The molecule has 1 atom stereocenters. The quantitative estimate of drug-likeness (QED) is 0.604. The van der Waals surface area contributed by atoms with E-state index in [9.17, 15) is 9.59 Å². The number of halogens is 1. The first-order chi connectivity index (χ1) is 14.9. The molecule has 6 nitrogen and oxygen atoms in total. The van der Waals surface area contributed by atoms with Gasteiger partial charge in [0.2, 0.25) is 5.91 Å². The van der Waals surface area contributed by atoms with E-state index in [1.165, 1.54) is 12.5 Å². The lowest BCUT2D eigenvalue weighted by molar-refractivity contribution is -0.114. The summed E-state index contributed by atoms with van der Waals surface area (Å²) in [5.41, 5.74) is 2.31. The van der Waals surface area contributed by atoms with Gasteiger partial charge in [0.05, 0.1) is 22.9 Å². The van der Waals surface area contributed by atoms with E-state index < -0.39 is 0 Å². The number of hydrogen-bond donors (Lipinski definition) is 2. The molecule has 1 unspecified atom stereocenters. The summed E-state index contributed by atoms with van der Waals surface area (Å²) < 4.78 is 5.65. The molecule has 2 aliphatic rings. The number of ether oxygens (including phenoxy) is 1. The second-order valence-corrected chi connectivity index (χ2v) is 8.50. The van der Waals surface area contributed by atoms with Crippen LogP contribution in [0.4, 0.5) is 5.69 Å². The summed E-state index contributed by atoms with van der Waals surface area (Å²) in [6.45, 7) is 7.84. The summed E-state index contributed by atoms with van der Waals surface area (Å²) in [6, 6.07) is 3.72. The third-order valence-corrected chi connectivity index (χ3v) is 6.22. The molecular weight excluding hydrogens is 414 g/mol. The van der Waals surface area contributed by atoms with Crippen LogP contribution >= 0.6 is 11.6 Å². The van der Waals surface area contributed by atoms with Crippen molar-refractivity contribution in [3.8, 4) is 5.75 Å². The SMILES string of the molecule is CCOc1cc(NC(C)=O)c(Cl)cc1C(=O)NC1CCN(C(C)C2=CCC=CC2)CC1. The number of rotatable bonds is 7. The third kappa shape index (κ3) is 6.11. The topological polar surface area (TPSA) is 70.7 Å². The zero-order chi connectivity index (χ0) is 22.4. The Morgan fingerprint density at radius 2 is 2.00 bits per heavy atom. The first-order valence-electron chi connectivity index (χ1n) is 11.0. The highest BCUT2D eigenvalue weighted by Crippen LogP contribution is 2.32. The number of carbonyl (C=O) groups excluding carboxylic acids is 2. The van der Waals surface area contributed by atoms with Crippen LogP contribution in [0.2, 0.25) is 5.02 Å². The van der Waals surface area contributed by atoms with Gasteiger partial charge in [0.15, 0.2) is 0 Å². The molecule has 1 saturated heterocycles. The van der Waals surface area contributed by atoms with Crippen molar-refractivity contribution < 1.29 is 14.3 Å². The van der Waals surface area contributed by atoms with Crippen LogP contribution in [0.1, 0.15) is 56.8 Å². The number of nitrogens with one attached hydrogen (secondary N) is 2. The minimum absolute atomic E-state index is 0.111. The minimum atomic E-state index is -0.234. The molecule has 1 fully saturated rings. The summed E-state index contributed by atoms with van der Waals surface area (Å²) in [5.74, 6) is -0.0228.